The Bertz CT molecular complexity index is 248. The van der Waals surface area contributed by atoms with E-state index in [1.807, 2.05) is 0 Å². The van der Waals surface area contributed by atoms with Crippen LogP contribution in [0.25, 0.3) is 0 Å². The van der Waals surface area contributed by atoms with Crippen molar-refractivity contribution in [1.82, 2.24) is 0 Å². The molecule has 0 N–H and O–H groups in total. The zero-order valence-corrected chi connectivity index (χ0v) is 17.4. The maximum atomic E-state index is 5.95. The maximum Gasteiger partial charge on any atom is 0.204 e. The van der Waals surface area contributed by atoms with Crippen LogP contribution in [-0.2, 0) is 4.43 Å². The molecule has 0 saturated heterocycles. The van der Waals surface area contributed by atoms with E-state index >= 15 is 0 Å². The molecule has 1 radical (unpaired) electrons. The van der Waals surface area contributed by atoms with Crippen LogP contribution >= 0.6 is 0 Å². The fraction of sp³-hybridized carbons (Fsp3) is 1.00. The summed E-state index contributed by atoms with van der Waals surface area (Å²) in [5, 5.41) is 0. The Hall–Kier alpha value is 0.177. The van der Waals surface area contributed by atoms with Crippen LogP contribution in [0, 0.1) is 11.8 Å². The Labute approximate surface area is 148 Å². The van der Waals surface area contributed by atoms with E-state index in [4.69, 9.17) is 4.43 Å². The molecule has 0 aromatic heterocycles. The number of rotatable bonds is 14. The van der Waals surface area contributed by atoms with Gasteiger partial charge >= 0.3 is 0 Å². The summed E-state index contributed by atoms with van der Waals surface area (Å²) >= 11 is 0. The minimum Gasteiger partial charge on any atom is -0.417 e. The Morgan fingerprint density at radius 3 is 2.04 bits per heavy atom. The Morgan fingerprint density at radius 2 is 1.43 bits per heavy atom. The van der Waals surface area contributed by atoms with Crippen molar-refractivity contribution in [2.75, 3.05) is 6.61 Å². The van der Waals surface area contributed by atoms with Crippen molar-refractivity contribution in [3.8, 4) is 0 Å². The second-order valence-corrected chi connectivity index (χ2v) is 10.1. The van der Waals surface area contributed by atoms with Crippen molar-refractivity contribution >= 4 is 9.04 Å². The van der Waals surface area contributed by atoms with Gasteiger partial charge < -0.3 is 4.43 Å². The molecule has 1 atom stereocenters. The predicted octanol–water partition coefficient (Wildman–Crippen LogP) is 7.37. The molecule has 137 valence electrons. The van der Waals surface area contributed by atoms with E-state index in [1.54, 1.807) is 0 Å². The molecule has 1 aliphatic rings. The first-order chi connectivity index (χ1) is 11.2. The highest BCUT2D eigenvalue weighted by molar-refractivity contribution is 6.48. The highest BCUT2D eigenvalue weighted by Crippen LogP contribution is 2.34. The minimum absolute atomic E-state index is 0.500. The smallest absolute Gasteiger partial charge is 0.204 e. The molecule has 2 heteroatoms. The normalized spacial score (nSPS) is 17.7. The van der Waals surface area contributed by atoms with Crippen LogP contribution < -0.4 is 0 Å². The van der Waals surface area contributed by atoms with Gasteiger partial charge in [-0.3, -0.25) is 0 Å². The van der Waals surface area contributed by atoms with Crippen molar-refractivity contribution in [1.29, 1.82) is 0 Å². The zero-order chi connectivity index (χ0) is 16.8. The fourth-order valence-corrected chi connectivity index (χ4v) is 4.70. The van der Waals surface area contributed by atoms with Crippen LogP contribution in [0.15, 0.2) is 0 Å². The van der Waals surface area contributed by atoms with E-state index < -0.39 is 9.04 Å². The summed E-state index contributed by atoms with van der Waals surface area (Å²) in [4.78, 5) is 0. The van der Waals surface area contributed by atoms with E-state index in [-0.39, 0.29) is 0 Å². The average molecular weight is 340 g/mol. The van der Waals surface area contributed by atoms with Gasteiger partial charge in [0.05, 0.1) is 0 Å². The fourth-order valence-electron chi connectivity index (χ4n) is 4.18. The van der Waals surface area contributed by atoms with Crippen molar-refractivity contribution in [3.05, 3.63) is 0 Å². The second kappa shape index (κ2) is 14.5. The van der Waals surface area contributed by atoms with Gasteiger partial charge in [-0.05, 0) is 31.4 Å². The predicted molar refractivity (Wildman–Crippen MR) is 105 cm³/mol. The lowest BCUT2D eigenvalue weighted by atomic mass is 9.76. The molecule has 1 nitrogen and oxygen atoms in total. The van der Waals surface area contributed by atoms with E-state index in [1.165, 1.54) is 96.3 Å². The molecule has 0 spiro atoms. The molecule has 1 aliphatic carbocycles. The van der Waals surface area contributed by atoms with E-state index in [0.717, 1.165) is 18.4 Å². The molecule has 0 aromatic carbocycles. The summed E-state index contributed by atoms with van der Waals surface area (Å²) in [6, 6.07) is 0. The molecule has 1 fully saturated rings. The second-order valence-electron chi connectivity index (χ2n) is 7.97. The minimum atomic E-state index is -0.500. The van der Waals surface area contributed by atoms with Crippen molar-refractivity contribution in [3.63, 3.8) is 0 Å². The summed E-state index contributed by atoms with van der Waals surface area (Å²) in [6.45, 7) is 7.85. The van der Waals surface area contributed by atoms with Gasteiger partial charge in [-0.15, -0.1) is 0 Å². The first kappa shape index (κ1) is 21.2. The van der Waals surface area contributed by atoms with Crippen molar-refractivity contribution in [2.45, 2.75) is 116 Å². The molecule has 0 heterocycles. The van der Waals surface area contributed by atoms with Gasteiger partial charge in [0.15, 0.2) is 0 Å². The zero-order valence-electron chi connectivity index (χ0n) is 16.4. The third-order valence-corrected chi connectivity index (χ3v) is 6.41. The molecule has 0 bridgehead atoms. The highest BCUT2D eigenvalue weighted by Gasteiger charge is 2.23. The third-order valence-electron chi connectivity index (χ3n) is 5.62. The number of unbranched alkanes of at least 4 members (excludes halogenated alkanes) is 7. The van der Waals surface area contributed by atoms with Gasteiger partial charge in [0, 0.05) is 6.61 Å². The largest absolute Gasteiger partial charge is 0.417 e. The number of hydrogen-bond acceptors (Lipinski definition) is 1. The quantitative estimate of drug-likeness (QED) is 0.237. The topological polar surface area (TPSA) is 9.23 Å². The monoisotopic (exact) mass is 339 g/mol. The molecular formula is C21H43OSi. The van der Waals surface area contributed by atoms with E-state index in [9.17, 15) is 0 Å². The Morgan fingerprint density at radius 1 is 0.826 bits per heavy atom. The number of hydrogen-bond donors (Lipinski definition) is 0. The van der Waals surface area contributed by atoms with Crippen LogP contribution in [0.5, 0.6) is 0 Å². The molecule has 23 heavy (non-hydrogen) atoms. The third kappa shape index (κ3) is 11.4. The lowest BCUT2D eigenvalue weighted by molar-refractivity contribution is 0.185. The van der Waals surface area contributed by atoms with E-state index in [2.05, 4.69) is 20.0 Å². The van der Waals surface area contributed by atoms with Crippen LogP contribution in [0.3, 0.4) is 0 Å². The van der Waals surface area contributed by atoms with Gasteiger partial charge in [0.1, 0.15) is 0 Å². The van der Waals surface area contributed by atoms with Gasteiger partial charge in [0.2, 0.25) is 9.04 Å². The molecule has 0 aromatic rings. The van der Waals surface area contributed by atoms with Crippen LogP contribution in [0.1, 0.15) is 103 Å². The van der Waals surface area contributed by atoms with Crippen molar-refractivity contribution in [2.24, 2.45) is 11.8 Å². The maximum absolute atomic E-state index is 5.95. The molecule has 1 saturated carbocycles. The van der Waals surface area contributed by atoms with E-state index in [0.29, 0.717) is 0 Å². The van der Waals surface area contributed by atoms with Crippen LogP contribution in [0.4, 0.5) is 0 Å². The Kier molecular flexibility index (Phi) is 13.4. The highest BCUT2D eigenvalue weighted by atomic mass is 28.3. The van der Waals surface area contributed by atoms with Gasteiger partial charge in [-0.1, -0.05) is 96.8 Å². The average Bonchev–Trinajstić information content (AvgIpc) is 2.56. The van der Waals surface area contributed by atoms with Crippen molar-refractivity contribution < 1.29 is 4.43 Å². The molecule has 1 rings (SSSR count). The molecule has 0 aliphatic heterocycles. The van der Waals surface area contributed by atoms with Gasteiger partial charge in [0.25, 0.3) is 0 Å². The van der Waals surface area contributed by atoms with Gasteiger partial charge in [-0.25, -0.2) is 0 Å². The summed E-state index contributed by atoms with van der Waals surface area (Å²) in [7, 11) is -0.500. The lowest BCUT2D eigenvalue weighted by Gasteiger charge is -2.30. The summed E-state index contributed by atoms with van der Waals surface area (Å²) in [6.07, 6.45) is 21.8. The first-order valence-corrected chi connectivity index (χ1v) is 13.1. The summed E-state index contributed by atoms with van der Waals surface area (Å²) < 4.78 is 5.95. The molecular weight excluding hydrogens is 296 g/mol. The standard InChI is InChI=1S/C21H43OSi/c1-4-5-6-7-8-9-10-12-17-21(18-19-22-23(2)3)20-15-13-11-14-16-20/h20-21H,4-19H2,1-3H3. The first-order valence-electron chi connectivity index (χ1n) is 10.7. The Balaban J connectivity index is 2.15. The SMILES string of the molecule is CCCCCCCCCCC(CCO[Si](C)C)C1CCCCC1. The molecule has 0 amide bonds. The molecule has 1 unspecified atom stereocenters. The summed E-state index contributed by atoms with van der Waals surface area (Å²) in [5.41, 5.74) is 0. The van der Waals surface area contributed by atoms with Crippen LogP contribution in [-0.4, -0.2) is 15.6 Å². The van der Waals surface area contributed by atoms with Crippen LogP contribution in [0.2, 0.25) is 13.1 Å². The lowest BCUT2D eigenvalue weighted by Crippen LogP contribution is -2.21. The summed E-state index contributed by atoms with van der Waals surface area (Å²) in [5.74, 6) is 1.97. The van der Waals surface area contributed by atoms with Gasteiger partial charge in [-0.2, -0.15) is 0 Å².